The summed E-state index contributed by atoms with van der Waals surface area (Å²) in [5, 5.41) is 0. The Morgan fingerprint density at radius 1 is 0.800 bits per heavy atom. The van der Waals surface area contributed by atoms with Crippen LogP contribution in [-0.4, -0.2) is 40.1 Å². The van der Waals surface area contributed by atoms with E-state index in [1.165, 1.54) is 27.8 Å². The number of carbonyl (C=O) groups excluding carboxylic acids is 1. The highest BCUT2D eigenvalue weighted by Crippen LogP contribution is 2.37. The molecule has 0 unspecified atom stereocenters. The van der Waals surface area contributed by atoms with Gasteiger partial charge in [0.15, 0.2) is 0 Å². The molecule has 0 aliphatic carbocycles. The Bertz CT molecular complexity index is 1200. The van der Waals surface area contributed by atoms with Crippen molar-refractivity contribution < 1.29 is 9.53 Å². The van der Waals surface area contributed by atoms with E-state index in [0.717, 1.165) is 45.3 Å². The van der Waals surface area contributed by atoms with Crippen LogP contribution in [0.2, 0.25) is 0 Å². The summed E-state index contributed by atoms with van der Waals surface area (Å²) in [7, 11) is 0. The third-order valence-corrected chi connectivity index (χ3v) is 7.63. The number of aryl methyl sites for hydroxylation is 1. The molecule has 1 aliphatic heterocycles. The standard InChI is InChI=1S/C36H46N2O2/c1-35(2,3)40-34(39)38-28-33(25-36(38,4)5)32(22-21-29-15-9-6-10-16-29)23-24-37(26-30-17-11-7-12-18-30)27-31-19-13-8-14-20-31/h6-20H,21-28H2,1-5H3/b33-32+. The maximum absolute atomic E-state index is 13.2. The van der Waals surface area contributed by atoms with Gasteiger partial charge in [0.2, 0.25) is 0 Å². The van der Waals surface area contributed by atoms with Crippen LogP contribution in [0.3, 0.4) is 0 Å². The summed E-state index contributed by atoms with van der Waals surface area (Å²) in [6, 6.07) is 32.2. The lowest BCUT2D eigenvalue weighted by atomic mass is 9.92. The van der Waals surface area contributed by atoms with Crippen molar-refractivity contribution in [2.45, 2.75) is 84.5 Å². The average Bonchev–Trinajstić information content (AvgIpc) is 3.24. The topological polar surface area (TPSA) is 32.8 Å². The third kappa shape index (κ3) is 8.82. The van der Waals surface area contributed by atoms with E-state index in [1.54, 1.807) is 0 Å². The first-order chi connectivity index (χ1) is 19.1. The molecule has 0 bridgehead atoms. The van der Waals surface area contributed by atoms with E-state index in [2.05, 4.69) is 110 Å². The normalized spacial score (nSPS) is 16.3. The fraction of sp³-hybridized carbons (Fsp3) is 0.417. The van der Waals surface area contributed by atoms with Gasteiger partial charge in [-0.25, -0.2) is 4.79 Å². The summed E-state index contributed by atoms with van der Waals surface area (Å²) in [4.78, 5) is 17.7. The van der Waals surface area contributed by atoms with Crippen molar-refractivity contribution in [2.24, 2.45) is 0 Å². The van der Waals surface area contributed by atoms with Crippen LogP contribution in [0.4, 0.5) is 4.79 Å². The molecule has 212 valence electrons. The van der Waals surface area contributed by atoms with E-state index in [0.29, 0.717) is 6.54 Å². The second-order valence-electron chi connectivity index (χ2n) is 12.7. The van der Waals surface area contributed by atoms with E-state index >= 15 is 0 Å². The highest BCUT2D eigenvalue weighted by molar-refractivity contribution is 5.70. The highest BCUT2D eigenvalue weighted by atomic mass is 16.6. The predicted octanol–water partition coefficient (Wildman–Crippen LogP) is 8.43. The first-order valence-corrected chi connectivity index (χ1v) is 14.6. The lowest BCUT2D eigenvalue weighted by Gasteiger charge is -2.33. The Morgan fingerprint density at radius 2 is 1.30 bits per heavy atom. The Morgan fingerprint density at radius 3 is 1.80 bits per heavy atom. The summed E-state index contributed by atoms with van der Waals surface area (Å²) in [6.45, 7) is 13.6. The molecule has 1 aliphatic rings. The van der Waals surface area contributed by atoms with E-state index in [4.69, 9.17) is 4.74 Å². The molecule has 40 heavy (non-hydrogen) atoms. The van der Waals surface area contributed by atoms with Gasteiger partial charge in [-0.05, 0) is 82.6 Å². The molecule has 1 heterocycles. The second kappa shape index (κ2) is 13.3. The molecule has 0 aromatic heterocycles. The van der Waals surface area contributed by atoms with Crippen LogP contribution in [0.15, 0.2) is 102 Å². The minimum absolute atomic E-state index is 0.218. The maximum Gasteiger partial charge on any atom is 0.411 e. The molecule has 0 spiro atoms. The van der Waals surface area contributed by atoms with Crippen molar-refractivity contribution in [3.05, 3.63) is 119 Å². The van der Waals surface area contributed by atoms with Crippen molar-refractivity contribution in [3.8, 4) is 0 Å². The maximum atomic E-state index is 13.2. The van der Waals surface area contributed by atoms with Gasteiger partial charge in [-0.15, -0.1) is 0 Å². The van der Waals surface area contributed by atoms with Crippen LogP contribution in [0, 0.1) is 0 Å². The number of nitrogens with zero attached hydrogens (tertiary/aromatic N) is 2. The Labute approximate surface area is 241 Å². The molecule has 4 heteroatoms. The van der Waals surface area contributed by atoms with Gasteiger partial charge in [0, 0.05) is 31.7 Å². The number of amides is 1. The quantitative estimate of drug-likeness (QED) is 0.243. The molecule has 3 aromatic rings. The lowest BCUT2D eigenvalue weighted by Crippen LogP contribution is -2.45. The van der Waals surface area contributed by atoms with Crippen molar-refractivity contribution in [1.82, 2.24) is 9.80 Å². The van der Waals surface area contributed by atoms with E-state index in [1.807, 2.05) is 25.7 Å². The van der Waals surface area contributed by atoms with E-state index < -0.39 is 5.60 Å². The van der Waals surface area contributed by atoms with Crippen LogP contribution in [0.5, 0.6) is 0 Å². The van der Waals surface area contributed by atoms with Gasteiger partial charge in [-0.1, -0.05) is 96.6 Å². The molecule has 0 N–H and O–H groups in total. The Kier molecular flexibility index (Phi) is 9.86. The number of hydrogen-bond donors (Lipinski definition) is 0. The van der Waals surface area contributed by atoms with E-state index in [9.17, 15) is 4.79 Å². The average molecular weight is 539 g/mol. The molecule has 0 radical (unpaired) electrons. The first kappa shape index (κ1) is 29.6. The summed E-state index contributed by atoms with van der Waals surface area (Å²) < 4.78 is 5.80. The van der Waals surface area contributed by atoms with Gasteiger partial charge in [0.25, 0.3) is 0 Å². The van der Waals surface area contributed by atoms with Crippen LogP contribution < -0.4 is 0 Å². The Hall–Kier alpha value is -3.37. The van der Waals surface area contributed by atoms with Crippen LogP contribution in [-0.2, 0) is 24.2 Å². The summed E-state index contributed by atoms with van der Waals surface area (Å²) in [5.74, 6) is 0. The van der Waals surface area contributed by atoms with E-state index in [-0.39, 0.29) is 11.6 Å². The fourth-order valence-corrected chi connectivity index (χ4v) is 5.55. The second-order valence-corrected chi connectivity index (χ2v) is 12.7. The van der Waals surface area contributed by atoms with Gasteiger partial charge < -0.3 is 4.74 Å². The number of likely N-dealkylation sites (tertiary alicyclic amines) is 1. The number of ether oxygens (including phenoxy) is 1. The van der Waals surface area contributed by atoms with Crippen LogP contribution in [0.25, 0.3) is 0 Å². The van der Waals surface area contributed by atoms with Gasteiger partial charge >= 0.3 is 6.09 Å². The largest absolute Gasteiger partial charge is 0.444 e. The smallest absolute Gasteiger partial charge is 0.411 e. The van der Waals surface area contributed by atoms with Crippen molar-refractivity contribution in [2.75, 3.05) is 13.1 Å². The zero-order valence-corrected chi connectivity index (χ0v) is 25.0. The van der Waals surface area contributed by atoms with Gasteiger partial charge in [-0.3, -0.25) is 9.80 Å². The SMILES string of the molecule is CC(C)(C)OC(=O)N1C/C(=C(\CCc2ccccc2)CCN(Cc2ccccc2)Cc2ccccc2)CC1(C)C. The fourth-order valence-electron chi connectivity index (χ4n) is 5.55. The molecule has 4 nitrogen and oxygen atoms in total. The molecular weight excluding hydrogens is 492 g/mol. The number of carbonyl (C=O) groups is 1. The number of rotatable bonds is 10. The molecular formula is C36H46N2O2. The lowest BCUT2D eigenvalue weighted by molar-refractivity contribution is 0.0136. The molecule has 0 atom stereocenters. The molecule has 1 saturated heterocycles. The molecule has 1 fully saturated rings. The van der Waals surface area contributed by atoms with Gasteiger partial charge in [0.05, 0.1) is 0 Å². The summed E-state index contributed by atoms with van der Waals surface area (Å²) in [5.41, 5.74) is 6.10. The van der Waals surface area contributed by atoms with Crippen molar-refractivity contribution in [1.29, 1.82) is 0 Å². The summed E-state index contributed by atoms with van der Waals surface area (Å²) in [6.07, 6.45) is 3.66. The van der Waals surface area contributed by atoms with Crippen molar-refractivity contribution >= 4 is 6.09 Å². The van der Waals surface area contributed by atoms with Crippen LogP contribution >= 0.6 is 0 Å². The third-order valence-electron chi connectivity index (χ3n) is 7.63. The first-order valence-electron chi connectivity index (χ1n) is 14.6. The zero-order chi connectivity index (χ0) is 28.6. The number of benzene rings is 3. The van der Waals surface area contributed by atoms with Gasteiger partial charge in [-0.2, -0.15) is 0 Å². The minimum Gasteiger partial charge on any atom is -0.444 e. The minimum atomic E-state index is -0.509. The molecule has 3 aromatic carbocycles. The predicted molar refractivity (Wildman–Crippen MR) is 165 cm³/mol. The molecule has 4 rings (SSSR count). The highest BCUT2D eigenvalue weighted by Gasteiger charge is 2.41. The summed E-state index contributed by atoms with van der Waals surface area (Å²) >= 11 is 0. The Balaban J connectivity index is 1.57. The van der Waals surface area contributed by atoms with Crippen LogP contribution in [0.1, 0.15) is 70.6 Å². The zero-order valence-electron chi connectivity index (χ0n) is 25.0. The monoisotopic (exact) mass is 538 g/mol. The molecule has 1 amide bonds. The number of hydrogen-bond acceptors (Lipinski definition) is 3. The van der Waals surface area contributed by atoms with Crippen molar-refractivity contribution in [3.63, 3.8) is 0 Å². The van der Waals surface area contributed by atoms with Gasteiger partial charge in [0.1, 0.15) is 5.60 Å². The molecule has 0 saturated carbocycles.